The van der Waals surface area contributed by atoms with Crippen molar-refractivity contribution < 1.29 is 18.3 Å². The number of rotatable bonds is 5. The van der Waals surface area contributed by atoms with Gasteiger partial charge in [-0.2, -0.15) is 4.31 Å². The molecule has 2 unspecified atom stereocenters. The van der Waals surface area contributed by atoms with Crippen molar-refractivity contribution in [1.82, 2.24) is 13.9 Å². The lowest BCUT2D eigenvalue weighted by atomic mass is 10.3. The van der Waals surface area contributed by atoms with Crippen LogP contribution >= 0.6 is 11.8 Å². The SMILES string of the molecule is CCC1SCC(C(=O)O)N1S(=O)(=O)c1cn(CC)c(C)n1. The van der Waals surface area contributed by atoms with Crippen LogP contribution in [0.5, 0.6) is 0 Å². The van der Waals surface area contributed by atoms with Gasteiger partial charge in [-0.1, -0.05) is 6.92 Å². The third-order valence-electron chi connectivity index (χ3n) is 3.51. The van der Waals surface area contributed by atoms with Crippen molar-refractivity contribution in [2.24, 2.45) is 0 Å². The van der Waals surface area contributed by atoms with Crippen LogP contribution in [0.3, 0.4) is 0 Å². The molecule has 0 amide bonds. The van der Waals surface area contributed by atoms with Crippen molar-refractivity contribution in [3.63, 3.8) is 0 Å². The number of aryl methyl sites for hydroxylation is 2. The van der Waals surface area contributed by atoms with Gasteiger partial charge in [0, 0.05) is 18.5 Å². The van der Waals surface area contributed by atoms with E-state index >= 15 is 0 Å². The Balaban J connectivity index is 2.46. The molecule has 1 N–H and O–H groups in total. The van der Waals surface area contributed by atoms with E-state index in [1.807, 2.05) is 13.8 Å². The number of imidazole rings is 1. The van der Waals surface area contributed by atoms with Gasteiger partial charge < -0.3 is 9.67 Å². The van der Waals surface area contributed by atoms with Gasteiger partial charge in [-0.25, -0.2) is 13.4 Å². The van der Waals surface area contributed by atoms with Gasteiger partial charge in [0.15, 0.2) is 5.03 Å². The number of aliphatic carboxylic acids is 1. The molecule has 2 atom stereocenters. The lowest BCUT2D eigenvalue weighted by Gasteiger charge is -2.24. The number of carbonyl (C=O) groups is 1. The number of nitrogens with zero attached hydrogens (tertiary/aromatic N) is 3. The summed E-state index contributed by atoms with van der Waals surface area (Å²) in [7, 11) is -3.91. The van der Waals surface area contributed by atoms with Crippen LogP contribution in [0.4, 0.5) is 0 Å². The summed E-state index contributed by atoms with van der Waals surface area (Å²) >= 11 is 1.36. The second-order valence-electron chi connectivity index (χ2n) is 4.80. The highest BCUT2D eigenvalue weighted by Crippen LogP contribution is 2.36. The quantitative estimate of drug-likeness (QED) is 0.868. The number of sulfonamides is 1. The van der Waals surface area contributed by atoms with E-state index in [1.54, 1.807) is 11.5 Å². The fourth-order valence-electron chi connectivity index (χ4n) is 2.38. The summed E-state index contributed by atoms with van der Waals surface area (Å²) in [6.45, 7) is 6.09. The van der Waals surface area contributed by atoms with Gasteiger partial charge in [-0.15, -0.1) is 11.8 Å². The van der Waals surface area contributed by atoms with Crippen LogP contribution in [0, 0.1) is 6.92 Å². The lowest BCUT2D eigenvalue weighted by Crippen LogP contribution is -2.45. The maximum absolute atomic E-state index is 12.8. The Hall–Kier alpha value is -1.06. The van der Waals surface area contributed by atoms with Crippen molar-refractivity contribution in [3.05, 3.63) is 12.0 Å². The molecule has 0 saturated carbocycles. The molecule has 0 aromatic carbocycles. The molecule has 1 saturated heterocycles. The zero-order chi connectivity index (χ0) is 15.8. The van der Waals surface area contributed by atoms with E-state index in [1.165, 1.54) is 18.0 Å². The molecule has 7 nitrogen and oxygen atoms in total. The van der Waals surface area contributed by atoms with E-state index in [2.05, 4.69) is 4.98 Å². The first-order chi connectivity index (χ1) is 9.82. The molecule has 2 heterocycles. The molecule has 21 heavy (non-hydrogen) atoms. The third-order valence-corrected chi connectivity index (χ3v) is 6.88. The van der Waals surface area contributed by atoms with Crippen LogP contribution in [-0.2, 0) is 21.4 Å². The molecule has 1 aliphatic heterocycles. The van der Waals surface area contributed by atoms with E-state index < -0.39 is 22.0 Å². The average Bonchev–Trinajstić information content (AvgIpc) is 3.02. The molecule has 1 aromatic rings. The molecule has 0 radical (unpaired) electrons. The highest BCUT2D eigenvalue weighted by Gasteiger charge is 2.46. The molecular weight excluding hydrogens is 314 g/mol. The summed E-state index contributed by atoms with van der Waals surface area (Å²) in [6, 6.07) is -1.03. The zero-order valence-electron chi connectivity index (χ0n) is 12.2. The second-order valence-corrected chi connectivity index (χ2v) is 7.80. The Labute approximate surface area is 128 Å². The van der Waals surface area contributed by atoms with Crippen LogP contribution < -0.4 is 0 Å². The minimum absolute atomic E-state index is 0.0750. The van der Waals surface area contributed by atoms with Gasteiger partial charge in [0.2, 0.25) is 0 Å². The first-order valence-corrected chi connectivity index (χ1v) is 9.23. The molecule has 0 spiro atoms. The average molecular weight is 333 g/mol. The van der Waals surface area contributed by atoms with Crippen molar-refractivity contribution in [2.45, 2.75) is 50.2 Å². The number of carboxylic acid groups (broad SMARTS) is 1. The Morgan fingerprint density at radius 2 is 2.19 bits per heavy atom. The number of hydrogen-bond acceptors (Lipinski definition) is 5. The molecule has 1 aromatic heterocycles. The fraction of sp³-hybridized carbons (Fsp3) is 0.667. The molecule has 118 valence electrons. The van der Waals surface area contributed by atoms with Crippen LogP contribution in [0.1, 0.15) is 26.1 Å². The normalized spacial score (nSPS) is 23.6. The second kappa shape index (κ2) is 5.98. The monoisotopic (exact) mass is 333 g/mol. The van der Waals surface area contributed by atoms with Gasteiger partial charge in [0.1, 0.15) is 11.9 Å². The molecule has 1 fully saturated rings. The summed E-state index contributed by atoms with van der Waals surface area (Å²) in [5, 5.41) is 8.83. The van der Waals surface area contributed by atoms with Crippen molar-refractivity contribution in [3.8, 4) is 0 Å². The van der Waals surface area contributed by atoms with E-state index in [9.17, 15) is 18.3 Å². The molecule has 0 bridgehead atoms. The topological polar surface area (TPSA) is 92.5 Å². The largest absolute Gasteiger partial charge is 0.480 e. The Kier molecular flexibility index (Phi) is 4.64. The molecule has 2 rings (SSSR count). The van der Waals surface area contributed by atoms with Crippen molar-refractivity contribution >= 4 is 27.8 Å². The van der Waals surface area contributed by atoms with Gasteiger partial charge in [-0.3, -0.25) is 4.79 Å². The highest BCUT2D eigenvalue weighted by atomic mass is 32.2. The third kappa shape index (κ3) is 2.82. The van der Waals surface area contributed by atoms with Gasteiger partial charge in [0.05, 0.1) is 5.37 Å². The standard InChI is InChI=1S/C12H19N3O4S2/c1-4-11-15(9(7-20-11)12(16)17)21(18,19)10-6-14(5-2)8(3)13-10/h6,9,11H,4-5,7H2,1-3H3,(H,16,17). The Bertz CT molecular complexity index is 641. The van der Waals surface area contributed by atoms with Crippen LogP contribution in [0.25, 0.3) is 0 Å². The Morgan fingerprint density at radius 3 is 2.67 bits per heavy atom. The predicted octanol–water partition coefficient (Wildman–Crippen LogP) is 1.14. The lowest BCUT2D eigenvalue weighted by molar-refractivity contribution is -0.140. The first-order valence-electron chi connectivity index (χ1n) is 6.74. The fourth-order valence-corrected chi connectivity index (χ4v) is 5.92. The summed E-state index contributed by atoms with van der Waals surface area (Å²) in [6.07, 6.45) is 2.03. The van der Waals surface area contributed by atoms with E-state index in [0.29, 0.717) is 18.8 Å². The summed E-state index contributed by atoms with van der Waals surface area (Å²) in [5.74, 6) is -0.253. The summed E-state index contributed by atoms with van der Waals surface area (Å²) in [4.78, 5) is 15.4. The van der Waals surface area contributed by atoms with Crippen LogP contribution in [0.2, 0.25) is 0 Å². The van der Waals surface area contributed by atoms with Crippen molar-refractivity contribution in [1.29, 1.82) is 0 Å². The number of thioether (sulfide) groups is 1. The summed E-state index contributed by atoms with van der Waals surface area (Å²) in [5.41, 5.74) is 0. The maximum atomic E-state index is 12.8. The number of hydrogen-bond donors (Lipinski definition) is 1. The summed E-state index contributed by atoms with van der Waals surface area (Å²) < 4.78 is 28.4. The van der Waals surface area contributed by atoms with E-state index in [0.717, 1.165) is 4.31 Å². The van der Waals surface area contributed by atoms with Crippen LogP contribution in [-0.4, -0.2) is 50.5 Å². The molecule has 0 aliphatic carbocycles. The van der Waals surface area contributed by atoms with E-state index in [4.69, 9.17) is 0 Å². The molecule has 9 heteroatoms. The van der Waals surface area contributed by atoms with Gasteiger partial charge in [-0.05, 0) is 20.3 Å². The smallest absolute Gasteiger partial charge is 0.322 e. The maximum Gasteiger partial charge on any atom is 0.322 e. The number of carboxylic acids is 1. The van der Waals surface area contributed by atoms with E-state index in [-0.39, 0.29) is 16.2 Å². The predicted molar refractivity (Wildman–Crippen MR) is 79.6 cm³/mol. The molecule has 1 aliphatic rings. The first kappa shape index (κ1) is 16.3. The van der Waals surface area contributed by atoms with Crippen LogP contribution in [0.15, 0.2) is 11.2 Å². The zero-order valence-corrected chi connectivity index (χ0v) is 13.8. The Morgan fingerprint density at radius 1 is 1.52 bits per heavy atom. The molecular formula is C12H19N3O4S2. The highest BCUT2D eigenvalue weighted by molar-refractivity contribution is 8.01. The van der Waals surface area contributed by atoms with Gasteiger partial charge >= 0.3 is 5.97 Å². The van der Waals surface area contributed by atoms with Gasteiger partial charge in [0.25, 0.3) is 10.0 Å². The van der Waals surface area contributed by atoms with Crippen molar-refractivity contribution in [2.75, 3.05) is 5.75 Å². The minimum Gasteiger partial charge on any atom is -0.480 e. The number of aromatic nitrogens is 2. The minimum atomic E-state index is -3.91.